The van der Waals surface area contributed by atoms with E-state index in [1.54, 1.807) is 77.9 Å². The van der Waals surface area contributed by atoms with Crippen LogP contribution in [0.3, 0.4) is 0 Å². The van der Waals surface area contributed by atoms with Crippen LogP contribution in [-0.2, 0) is 19.3 Å². The van der Waals surface area contributed by atoms with Gasteiger partial charge in [0.2, 0.25) is 0 Å². The highest BCUT2D eigenvalue weighted by Crippen LogP contribution is 2.31. The van der Waals surface area contributed by atoms with Crippen molar-refractivity contribution in [3.8, 4) is 33.4 Å². The Morgan fingerprint density at radius 2 is 1.07 bits per heavy atom. The lowest BCUT2D eigenvalue weighted by Gasteiger charge is -2.10. The fraction of sp³-hybridized carbons (Fsp3) is 0.200. The van der Waals surface area contributed by atoms with E-state index in [9.17, 15) is 39.4 Å². The van der Waals surface area contributed by atoms with Gasteiger partial charge in [-0.25, -0.2) is 9.59 Å². The zero-order valence-electron chi connectivity index (χ0n) is 30.8. The van der Waals surface area contributed by atoms with Crippen molar-refractivity contribution in [1.29, 1.82) is 0 Å². The molecule has 314 valence electrons. The van der Waals surface area contributed by atoms with E-state index in [0.717, 1.165) is 24.7 Å². The van der Waals surface area contributed by atoms with Gasteiger partial charge in [-0.05, 0) is 97.6 Å². The van der Waals surface area contributed by atoms with Crippen molar-refractivity contribution in [3.63, 3.8) is 0 Å². The van der Waals surface area contributed by atoms with Gasteiger partial charge in [-0.2, -0.15) is 0 Å². The number of hydrogen-bond donors (Lipinski definition) is 0. The number of para-hydroxylation sites is 2. The van der Waals surface area contributed by atoms with Gasteiger partial charge in [0.05, 0.1) is 13.2 Å². The van der Waals surface area contributed by atoms with Crippen LogP contribution in [0.4, 0.5) is 0 Å². The second kappa shape index (κ2) is 24.4. The molecule has 0 aliphatic heterocycles. The molecule has 0 bridgehead atoms. The first-order chi connectivity index (χ1) is 28.3. The maximum atomic E-state index is 12.6. The normalized spacial score (nSPS) is 10.0. The minimum atomic E-state index is -0.933. The Hall–Kier alpha value is -6.48. The lowest BCUT2D eigenvalue weighted by Crippen LogP contribution is -2.15. The summed E-state index contributed by atoms with van der Waals surface area (Å²) in [5.74, 6) is -1.91. The molecule has 0 aliphatic rings. The van der Waals surface area contributed by atoms with E-state index >= 15 is 0 Å². The van der Waals surface area contributed by atoms with E-state index in [2.05, 4.69) is 9.68 Å². The second-order valence-corrected chi connectivity index (χ2v) is 15.2. The van der Waals surface area contributed by atoms with Crippen LogP contribution in [0.2, 0.25) is 0 Å². The van der Waals surface area contributed by atoms with Gasteiger partial charge in [-0.3, -0.25) is 9.59 Å². The average molecular weight is 897 g/mol. The largest absolute Gasteiger partial charge is 0.426 e. The Kier molecular flexibility index (Phi) is 19.5. The molecule has 0 radical (unpaired) electrons. The van der Waals surface area contributed by atoms with Crippen molar-refractivity contribution in [3.05, 3.63) is 144 Å². The number of benzene rings is 4. The van der Waals surface area contributed by atoms with E-state index < -0.39 is 34.1 Å². The van der Waals surface area contributed by atoms with Crippen LogP contribution < -0.4 is 18.9 Å². The predicted molar refractivity (Wildman–Crippen MR) is 227 cm³/mol. The van der Waals surface area contributed by atoms with Crippen molar-refractivity contribution in [2.75, 3.05) is 13.2 Å². The number of ether oxygens (including phenoxy) is 4. The smallest absolute Gasteiger partial charge is 0.347 e. The Bertz CT molecular complexity index is 2340. The summed E-state index contributed by atoms with van der Waals surface area (Å²) in [5.41, 5.74) is 1.97. The summed E-state index contributed by atoms with van der Waals surface area (Å²) in [7, 11) is 3.09. The molecule has 5 rings (SSSR count). The highest BCUT2D eigenvalue weighted by Gasteiger charge is 2.19. The molecule has 1 aromatic heterocycles. The topological polar surface area (TPSA) is 210 Å². The summed E-state index contributed by atoms with van der Waals surface area (Å²) in [6, 6.07) is 27.9. The number of thiocarbonyl (C=S) groups is 1. The average Bonchev–Trinajstić information content (AvgIpc) is 3.65. The SMILES string of the molecule is C.CC(=S)c1ccc(OC(=O)c2ccccc2OC(=O)CCCO[N+](=O)[O-])cc1.O=C(CCCO[N+](=O)[O-])Oc1ccccc1C(=O)Oc1ccc(-c2cc(=S)ss2)cc1. The fourth-order valence-corrected chi connectivity index (χ4v) is 7.19. The van der Waals surface area contributed by atoms with Gasteiger partial charge >= 0.3 is 23.9 Å². The summed E-state index contributed by atoms with van der Waals surface area (Å²) in [4.78, 5) is 79.1. The van der Waals surface area contributed by atoms with Crippen LogP contribution in [0.1, 0.15) is 66.3 Å². The summed E-state index contributed by atoms with van der Waals surface area (Å²) < 4.78 is 21.9. The standard InChI is InChI=1S/C20H15NO7S3.C19H17NO7S.CH4/c22-18(6-3-11-26-21(24)25)28-16-5-2-1-4-15(16)20(23)27-14-9-7-13(8-10-14)17-12-19(29)31-30-17;1-13(28)14-8-10-15(11-9-14)26-19(22)16-5-2-3-6-17(16)27-18(21)7-4-12-25-20(23)24;/h1-2,4-5,7-10,12H,3,6,11H2;2-3,5-6,8-11H,4,7,12H2,1H3;1H4. The summed E-state index contributed by atoms with van der Waals surface area (Å²) in [6.07, 6.45) is 0.0126. The van der Waals surface area contributed by atoms with Gasteiger partial charge < -0.3 is 28.6 Å². The maximum absolute atomic E-state index is 12.6. The van der Waals surface area contributed by atoms with Crippen LogP contribution in [0.25, 0.3) is 10.4 Å². The molecule has 0 N–H and O–H groups in total. The van der Waals surface area contributed by atoms with Gasteiger partial charge in [-0.1, -0.05) is 88.9 Å². The van der Waals surface area contributed by atoms with Gasteiger partial charge in [0.25, 0.3) is 10.2 Å². The van der Waals surface area contributed by atoms with E-state index in [1.807, 2.05) is 18.2 Å². The van der Waals surface area contributed by atoms with Gasteiger partial charge in [0.15, 0.2) is 0 Å². The molecule has 0 fully saturated rings. The molecule has 0 amide bonds. The molecular formula is C40H36N2O14S4. The van der Waals surface area contributed by atoms with Crippen LogP contribution in [0, 0.1) is 24.1 Å². The quantitative estimate of drug-likeness (QED) is 0.0117. The first-order valence-corrected chi connectivity index (χ1v) is 20.2. The van der Waals surface area contributed by atoms with Crippen LogP contribution in [0.15, 0.2) is 103 Å². The minimum Gasteiger partial charge on any atom is -0.426 e. The highest BCUT2D eigenvalue weighted by molar-refractivity contribution is 7.80. The van der Waals surface area contributed by atoms with Crippen LogP contribution in [-0.4, -0.2) is 52.1 Å². The molecule has 60 heavy (non-hydrogen) atoms. The molecule has 0 saturated carbocycles. The second-order valence-electron chi connectivity index (χ2n) is 11.6. The summed E-state index contributed by atoms with van der Waals surface area (Å²) in [6.45, 7) is 1.36. The molecule has 5 aromatic rings. The van der Waals surface area contributed by atoms with Gasteiger partial charge in [0, 0.05) is 22.6 Å². The molecule has 0 aliphatic carbocycles. The highest BCUT2D eigenvalue weighted by atomic mass is 32.9. The monoisotopic (exact) mass is 896 g/mol. The minimum absolute atomic E-state index is 0. The zero-order chi connectivity index (χ0) is 42.7. The predicted octanol–water partition coefficient (Wildman–Crippen LogP) is 9.49. The third-order valence-electron chi connectivity index (χ3n) is 7.39. The maximum Gasteiger partial charge on any atom is 0.347 e. The lowest BCUT2D eigenvalue weighted by atomic mass is 10.1. The van der Waals surface area contributed by atoms with Crippen molar-refractivity contribution in [2.45, 2.75) is 40.0 Å². The first kappa shape index (κ1) is 47.9. The molecule has 0 unspecified atom stereocenters. The van der Waals surface area contributed by atoms with Crippen LogP contribution in [0.5, 0.6) is 23.0 Å². The Morgan fingerprint density at radius 3 is 1.47 bits per heavy atom. The molecule has 16 nitrogen and oxygen atoms in total. The van der Waals surface area contributed by atoms with Gasteiger partial charge in [-0.15, -0.1) is 20.2 Å². The molecule has 4 aromatic carbocycles. The van der Waals surface area contributed by atoms with E-state index in [1.165, 1.54) is 34.6 Å². The van der Waals surface area contributed by atoms with Crippen molar-refractivity contribution in [1.82, 2.24) is 0 Å². The molecule has 20 heteroatoms. The van der Waals surface area contributed by atoms with Crippen molar-refractivity contribution < 1.29 is 58.0 Å². The Morgan fingerprint density at radius 1 is 0.633 bits per heavy atom. The molecule has 1 heterocycles. The number of rotatable bonds is 18. The number of nitrogens with zero attached hydrogens (tertiary/aromatic N) is 2. The number of esters is 4. The summed E-state index contributed by atoms with van der Waals surface area (Å²) in [5, 5.41) is 18.3. The molecule has 0 spiro atoms. The number of carbonyl (C=O) groups excluding carboxylic acids is 4. The van der Waals surface area contributed by atoms with Gasteiger partial charge in [0.1, 0.15) is 37.9 Å². The number of carbonyl (C=O) groups is 4. The lowest BCUT2D eigenvalue weighted by molar-refractivity contribution is -0.757. The van der Waals surface area contributed by atoms with Crippen molar-refractivity contribution in [2.24, 2.45) is 0 Å². The Balaban J connectivity index is 0.000000317. The summed E-state index contributed by atoms with van der Waals surface area (Å²) >= 11 is 10.2. The van der Waals surface area contributed by atoms with E-state index in [0.29, 0.717) is 11.5 Å². The number of hydrogen-bond acceptors (Lipinski definition) is 18. The zero-order valence-corrected chi connectivity index (χ0v) is 34.1. The Labute approximate surface area is 360 Å². The van der Waals surface area contributed by atoms with E-state index in [-0.39, 0.29) is 68.9 Å². The van der Waals surface area contributed by atoms with Crippen molar-refractivity contribution >= 4 is 73.9 Å². The third-order valence-corrected chi connectivity index (χ3v) is 10.5. The first-order valence-electron chi connectivity index (χ1n) is 17.2. The van der Waals surface area contributed by atoms with E-state index in [4.69, 9.17) is 43.4 Å². The van der Waals surface area contributed by atoms with Crippen LogP contribution >= 0.6 is 45.1 Å². The molecule has 0 atom stereocenters. The fourth-order valence-electron chi connectivity index (χ4n) is 4.65. The third kappa shape index (κ3) is 16.0. The molecular weight excluding hydrogens is 861 g/mol. The molecule has 0 saturated heterocycles.